The molecule has 1 fully saturated rings. The Hall–Kier alpha value is -0.620. The second-order valence-electron chi connectivity index (χ2n) is 5.91. The highest BCUT2D eigenvalue weighted by molar-refractivity contribution is 7.10. The van der Waals surface area contributed by atoms with Gasteiger partial charge in [0.1, 0.15) is 0 Å². The number of amides is 1. The van der Waals surface area contributed by atoms with Crippen LogP contribution in [-0.4, -0.2) is 48.4 Å². The normalized spacial score (nSPS) is 22.5. The number of hydrogen-bond acceptors (Lipinski definition) is 4. The summed E-state index contributed by atoms with van der Waals surface area (Å²) in [6, 6.07) is 2.16. The molecule has 6 heteroatoms. The van der Waals surface area contributed by atoms with Gasteiger partial charge in [-0.15, -0.1) is 23.7 Å². The number of thiophene rings is 1. The van der Waals surface area contributed by atoms with Gasteiger partial charge in [-0.1, -0.05) is 0 Å². The Bertz CT molecular complexity index is 479. The van der Waals surface area contributed by atoms with Crippen molar-refractivity contribution in [3.63, 3.8) is 0 Å². The fourth-order valence-electron chi connectivity index (χ4n) is 3.24. The predicted molar refractivity (Wildman–Crippen MR) is 88.9 cm³/mol. The van der Waals surface area contributed by atoms with Crippen LogP contribution in [0.5, 0.6) is 0 Å². The summed E-state index contributed by atoms with van der Waals surface area (Å²) in [5, 5.41) is 2.13. The number of nitrogens with two attached hydrogens (primary N) is 1. The average Bonchev–Trinajstić information content (AvgIpc) is 2.94. The molecule has 0 spiro atoms. The summed E-state index contributed by atoms with van der Waals surface area (Å²) in [6.07, 6.45) is 3.40. The molecule has 2 aliphatic rings. The second kappa shape index (κ2) is 7.58. The number of halogens is 1. The van der Waals surface area contributed by atoms with Gasteiger partial charge in [-0.05, 0) is 55.3 Å². The minimum atomic E-state index is 0. The van der Waals surface area contributed by atoms with Crippen molar-refractivity contribution < 1.29 is 4.79 Å². The third kappa shape index (κ3) is 3.97. The highest BCUT2D eigenvalue weighted by Gasteiger charge is 2.25. The summed E-state index contributed by atoms with van der Waals surface area (Å²) in [7, 11) is 0. The summed E-state index contributed by atoms with van der Waals surface area (Å²) in [5.74, 6) is 0.848. The molecule has 1 aromatic rings. The van der Waals surface area contributed by atoms with E-state index in [4.69, 9.17) is 5.73 Å². The SMILES string of the molecule is Cl.NCC1CCCN(CC(=O)N2CCc3sccc3C2)C1. The minimum absolute atomic E-state index is 0. The predicted octanol–water partition coefficient (Wildman–Crippen LogP) is 1.73. The van der Waals surface area contributed by atoms with Crippen LogP contribution in [0.4, 0.5) is 0 Å². The van der Waals surface area contributed by atoms with Gasteiger partial charge < -0.3 is 10.6 Å². The summed E-state index contributed by atoms with van der Waals surface area (Å²) in [5.41, 5.74) is 7.10. The Labute approximate surface area is 136 Å². The second-order valence-corrected chi connectivity index (χ2v) is 6.91. The molecule has 0 aromatic carbocycles. The number of rotatable bonds is 3. The standard InChI is InChI=1S/C15H23N3OS.ClH/c16-8-12-2-1-5-17(9-12)11-15(19)18-6-3-14-13(10-18)4-7-20-14;/h4,7,12H,1-3,5-6,8-11,16H2;1H. The largest absolute Gasteiger partial charge is 0.337 e. The van der Waals surface area contributed by atoms with Crippen molar-refractivity contribution in [2.24, 2.45) is 11.7 Å². The van der Waals surface area contributed by atoms with Gasteiger partial charge in [0, 0.05) is 24.5 Å². The molecule has 0 bridgehead atoms. The average molecular weight is 330 g/mol. The molecule has 1 aromatic heterocycles. The monoisotopic (exact) mass is 329 g/mol. The Morgan fingerprint density at radius 2 is 2.29 bits per heavy atom. The molecule has 0 saturated carbocycles. The molecule has 0 aliphatic carbocycles. The van der Waals surface area contributed by atoms with Crippen molar-refractivity contribution in [3.8, 4) is 0 Å². The molecule has 1 saturated heterocycles. The van der Waals surface area contributed by atoms with Crippen LogP contribution in [0.15, 0.2) is 11.4 Å². The van der Waals surface area contributed by atoms with Gasteiger partial charge >= 0.3 is 0 Å². The van der Waals surface area contributed by atoms with Gasteiger partial charge in [0.15, 0.2) is 0 Å². The highest BCUT2D eigenvalue weighted by atomic mass is 35.5. The van der Waals surface area contributed by atoms with Crippen molar-refractivity contribution in [2.75, 3.05) is 32.7 Å². The quantitative estimate of drug-likeness (QED) is 0.918. The Morgan fingerprint density at radius 3 is 3.10 bits per heavy atom. The van der Waals surface area contributed by atoms with Gasteiger partial charge in [0.25, 0.3) is 0 Å². The van der Waals surface area contributed by atoms with E-state index in [2.05, 4.69) is 16.3 Å². The number of carbonyl (C=O) groups excluding carboxylic acids is 1. The molecular formula is C15H24ClN3OS. The first-order valence-electron chi connectivity index (χ1n) is 7.51. The third-order valence-electron chi connectivity index (χ3n) is 4.46. The van der Waals surface area contributed by atoms with Crippen LogP contribution in [0.25, 0.3) is 0 Å². The first-order chi connectivity index (χ1) is 9.76. The topological polar surface area (TPSA) is 49.6 Å². The maximum atomic E-state index is 12.4. The maximum Gasteiger partial charge on any atom is 0.237 e. The van der Waals surface area contributed by atoms with E-state index in [-0.39, 0.29) is 18.3 Å². The Kier molecular flexibility index (Phi) is 6.05. The van der Waals surface area contributed by atoms with E-state index in [1.165, 1.54) is 23.3 Å². The van der Waals surface area contributed by atoms with Gasteiger partial charge in [-0.2, -0.15) is 0 Å². The molecule has 2 N–H and O–H groups in total. The van der Waals surface area contributed by atoms with Crippen LogP contribution < -0.4 is 5.73 Å². The molecular weight excluding hydrogens is 306 g/mol. The Balaban J connectivity index is 0.00000161. The summed E-state index contributed by atoms with van der Waals surface area (Å²) in [4.78, 5) is 18.2. The van der Waals surface area contributed by atoms with Crippen molar-refractivity contribution in [2.45, 2.75) is 25.8 Å². The van der Waals surface area contributed by atoms with E-state index < -0.39 is 0 Å². The number of hydrogen-bond donors (Lipinski definition) is 1. The van der Waals surface area contributed by atoms with Crippen LogP contribution in [0, 0.1) is 5.92 Å². The van der Waals surface area contributed by atoms with Crippen LogP contribution in [0.2, 0.25) is 0 Å². The van der Waals surface area contributed by atoms with Crippen LogP contribution in [0.3, 0.4) is 0 Å². The number of carbonyl (C=O) groups is 1. The minimum Gasteiger partial charge on any atom is -0.337 e. The maximum absolute atomic E-state index is 12.4. The van der Waals surface area contributed by atoms with Gasteiger partial charge in [0.2, 0.25) is 5.91 Å². The number of likely N-dealkylation sites (tertiary alicyclic amines) is 1. The van der Waals surface area contributed by atoms with Crippen molar-refractivity contribution in [1.29, 1.82) is 0 Å². The zero-order chi connectivity index (χ0) is 13.9. The summed E-state index contributed by atoms with van der Waals surface area (Å²) in [6.45, 7) is 5.01. The summed E-state index contributed by atoms with van der Waals surface area (Å²) >= 11 is 1.82. The van der Waals surface area contributed by atoms with Gasteiger partial charge in [-0.3, -0.25) is 9.69 Å². The van der Waals surface area contributed by atoms with E-state index in [1.54, 1.807) is 0 Å². The number of fused-ring (bicyclic) bond motifs is 1. The molecule has 21 heavy (non-hydrogen) atoms. The number of nitrogens with zero attached hydrogens (tertiary/aromatic N) is 2. The van der Waals surface area contributed by atoms with E-state index in [0.717, 1.165) is 39.1 Å². The van der Waals surface area contributed by atoms with E-state index in [1.807, 2.05) is 16.2 Å². The van der Waals surface area contributed by atoms with Crippen molar-refractivity contribution in [3.05, 3.63) is 21.9 Å². The molecule has 118 valence electrons. The van der Waals surface area contributed by atoms with Crippen LogP contribution in [0.1, 0.15) is 23.3 Å². The lowest BCUT2D eigenvalue weighted by molar-refractivity contribution is -0.133. The fraction of sp³-hybridized carbons (Fsp3) is 0.667. The van der Waals surface area contributed by atoms with E-state index in [0.29, 0.717) is 12.5 Å². The molecule has 4 nitrogen and oxygen atoms in total. The lowest BCUT2D eigenvalue weighted by atomic mass is 9.98. The first-order valence-corrected chi connectivity index (χ1v) is 8.39. The molecule has 1 atom stereocenters. The lowest BCUT2D eigenvalue weighted by Gasteiger charge is -2.34. The molecule has 1 unspecified atom stereocenters. The van der Waals surface area contributed by atoms with E-state index >= 15 is 0 Å². The molecule has 3 rings (SSSR count). The fourth-order valence-corrected chi connectivity index (χ4v) is 4.13. The van der Waals surface area contributed by atoms with Gasteiger partial charge in [-0.25, -0.2) is 0 Å². The van der Waals surface area contributed by atoms with E-state index in [9.17, 15) is 4.79 Å². The smallest absolute Gasteiger partial charge is 0.237 e. The molecule has 2 aliphatic heterocycles. The lowest BCUT2D eigenvalue weighted by Crippen LogP contribution is -2.46. The zero-order valence-electron chi connectivity index (χ0n) is 12.3. The molecule has 1 amide bonds. The first kappa shape index (κ1) is 16.7. The zero-order valence-corrected chi connectivity index (χ0v) is 13.9. The van der Waals surface area contributed by atoms with Crippen LogP contribution in [-0.2, 0) is 17.8 Å². The summed E-state index contributed by atoms with van der Waals surface area (Å²) < 4.78 is 0. The van der Waals surface area contributed by atoms with Crippen LogP contribution >= 0.6 is 23.7 Å². The molecule has 0 radical (unpaired) electrons. The Morgan fingerprint density at radius 1 is 1.43 bits per heavy atom. The third-order valence-corrected chi connectivity index (χ3v) is 5.48. The van der Waals surface area contributed by atoms with Crippen molar-refractivity contribution >= 4 is 29.7 Å². The van der Waals surface area contributed by atoms with Gasteiger partial charge in [0.05, 0.1) is 6.54 Å². The molecule has 3 heterocycles. The van der Waals surface area contributed by atoms with Crippen molar-refractivity contribution in [1.82, 2.24) is 9.80 Å². The number of piperidine rings is 1. The highest BCUT2D eigenvalue weighted by Crippen LogP contribution is 2.24.